The van der Waals surface area contributed by atoms with Crippen LogP contribution >= 0.6 is 0 Å². The van der Waals surface area contributed by atoms with Crippen molar-refractivity contribution in [2.45, 2.75) is 12.1 Å². The zero-order chi connectivity index (χ0) is 23.2. The lowest BCUT2D eigenvalue weighted by atomic mass is 9.84. The number of ether oxygens (including phenoxy) is 3. The SMILES string of the molecule is COc1cccc([C@@H]2Oc3ccccc3C3=C2[C@H](c2ccc(F)cc2)n2ncnc2N3)c1OC. The third-order valence-electron chi connectivity index (χ3n) is 6.22. The quantitative estimate of drug-likeness (QED) is 0.466. The number of halogens is 1. The van der Waals surface area contributed by atoms with Gasteiger partial charge >= 0.3 is 0 Å². The van der Waals surface area contributed by atoms with Crippen LogP contribution in [-0.4, -0.2) is 29.0 Å². The third-order valence-corrected chi connectivity index (χ3v) is 6.22. The monoisotopic (exact) mass is 456 g/mol. The second-order valence-corrected chi connectivity index (χ2v) is 8.01. The fourth-order valence-corrected chi connectivity index (χ4v) is 4.76. The molecule has 2 aliphatic heterocycles. The van der Waals surface area contributed by atoms with Crippen LogP contribution in [0.15, 0.2) is 78.6 Å². The molecule has 3 heterocycles. The van der Waals surface area contributed by atoms with Gasteiger partial charge < -0.3 is 19.5 Å². The number of aromatic nitrogens is 3. The highest BCUT2D eigenvalue weighted by atomic mass is 19.1. The van der Waals surface area contributed by atoms with E-state index in [2.05, 4.69) is 15.4 Å². The van der Waals surface area contributed by atoms with E-state index in [4.69, 9.17) is 14.2 Å². The Labute approximate surface area is 195 Å². The Morgan fingerprint density at radius 3 is 2.59 bits per heavy atom. The highest BCUT2D eigenvalue weighted by Crippen LogP contribution is 2.52. The molecular weight excluding hydrogens is 435 g/mol. The van der Waals surface area contributed by atoms with Gasteiger partial charge in [-0.15, -0.1) is 0 Å². The maximum absolute atomic E-state index is 13.8. The molecule has 2 atom stereocenters. The second-order valence-electron chi connectivity index (χ2n) is 8.01. The van der Waals surface area contributed by atoms with Gasteiger partial charge in [0, 0.05) is 16.7 Å². The summed E-state index contributed by atoms with van der Waals surface area (Å²) < 4.78 is 33.6. The van der Waals surface area contributed by atoms with Gasteiger partial charge in [0.1, 0.15) is 23.9 Å². The third kappa shape index (κ3) is 3.02. The van der Waals surface area contributed by atoms with Crippen LogP contribution in [-0.2, 0) is 0 Å². The van der Waals surface area contributed by atoms with Crippen LogP contribution < -0.4 is 19.5 Å². The van der Waals surface area contributed by atoms with Crippen molar-refractivity contribution in [1.82, 2.24) is 14.8 Å². The maximum atomic E-state index is 13.8. The molecule has 7 nitrogen and oxygen atoms in total. The van der Waals surface area contributed by atoms with Crippen molar-refractivity contribution >= 4 is 11.6 Å². The Kier molecular flexibility index (Phi) is 4.72. The number of hydrogen-bond acceptors (Lipinski definition) is 6. The Hall–Kier alpha value is -4.33. The average molecular weight is 456 g/mol. The Morgan fingerprint density at radius 1 is 0.971 bits per heavy atom. The van der Waals surface area contributed by atoms with Crippen molar-refractivity contribution < 1.29 is 18.6 Å². The van der Waals surface area contributed by atoms with E-state index >= 15 is 0 Å². The lowest BCUT2D eigenvalue weighted by Gasteiger charge is -2.39. The summed E-state index contributed by atoms with van der Waals surface area (Å²) in [5.74, 6) is 2.22. The van der Waals surface area contributed by atoms with Crippen molar-refractivity contribution in [2.75, 3.05) is 19.5 Å². The summed E-state index contributed by atoms with van der Waals surface area (Å²) in [4.78, 5) is 4.42. The zero-order valence-electron chi connectivity index (χ0n) is 18.5. The Balaban J connectivity index is 1.64. The summed E-state index contributed by atoms with van der Waals surface area (Å²) >= 11 is 0. The van der Waals surface area contributed by atoms with Crippen LogP contribution in [0.3, 0.4) is 0 Å². The molecule has 0 aliphatic carbocycles. The van der Waals surface area contributed by atoms with Crippen LogP contribution in [0, 0.1) is 5.82 Å². The second kappa shape index (κ2) is 7.91. The standard InChI is InChI=1S/C26H21FN4O3/c1-32-20-9-5-7-18(24(20)33-2)25-21-22(17-6-3-4-8-19(17)34-25)30-26-28-14-29-31(26)23(21)15-10-12-16(27)13-11-15/h3-14,23,25H,1-2H3,(H,28,29,30)/t23-,25-/m0/s1. The van der Waals surface area contributed by atoms with Gasteiger partial charge in [0.25, 0.3) is 0 Å². The summed E-state index contributed by atoms with van der Waals surface area (Å²) in [5, 5.41) is 7.95. The fraction of sp³-hybridized carbons (Fsp3) is 0.154. The van der Waals surface area contributed by atoms with E-state index in [0.29, 0.717) is 17.4 Å². The molecule has 0 saturated heterocycles. The van der Waals surface area contributed by atoms with Gasteiger partial charge in [-0.1, -0.05) is 36.4 Å². The van der Waals surface area contributed by atoms with Gasteiger partial charge in [-0.3, -0.25) is 0 Å². The predicted molar refractivity (Wildman–Crippen MR) is 124 cm³/mol. The first kappa shape index (κ1) is 20.3. The van der Waals surface area contributed by atoms with E-state index in [0.717, 1.165) is 33.7 Å². The molecule has 0 fully saturated rings. The van der Waals surface area contributed by atoms with Crippen LogP contribution in [0.2, 0.25) is 0 Å². The topological polar surface area (TPSA) is 70.4 Å². The molecule has 6 rings (SSSR count). The number of methoxy groups -OCH3 is 2. The predicted octanol–water partition coefficient (Wildman–Crippen LogP) is 4.99. The maximum Gasteiger partial charge on any atom is 0.226 e. The van der Waals surface area contributed by atoms with E-state index in [9.17, 15) is 4.39 Å². The summed E-state index contributed by atoms with van der Waals surface area (Å²) in [6.45, 7) is 0. The molecule has 0 spiro atoms. The Bertz CT molecular complexity index is 1410. The number of rotatable bonds is 4. The molecule has 0 bridgehead atoms. The van der Waals surface area contributed by atoms with E-state index in [-0.39, 0.29) is 11.9 Å². The molecule has 1 N–H and O–H groups in total. The highest BCUT2D eigenvalue weighted by molar-refractivity contribution is 5.85. The molecule has 4 aromatic rings. The van der Waals surface area contributed by atoms with Crippen molar-refractivity contribution in [2.24, 2.45) is 0 Å². The van der Waals surface area contributed by atoms with Crippen LogP contribution in [0.4, 0.5) is 10.3 Å². The van der Waals surface area contributed by atoms with Gasteiger partial charge in [-0.2, -0.15) is 10.1 Å². The van der Waals surface area contributed by atoms with Crippen molar-refractivity contribution in [1.29, 1.82) is 0 Å². The number of para-hydroxylation sites is 2. The number of hydrogen-bond donors (Lipinski definition) is 1. The first-order valence-corrected chi connectivity index (χ1v) is 10.8. The van der Waals surface area contributed by atoms with Crippen molar-refractivity contribution in [3.05, 3.63) is 101 Å². The van der Waals surface area contributed by atoms with Gasteiger partial charge in [-0.05, 0) is 35.9 Å². The first-order valence-electron chi connectivity index (χ1n) is 10.8. The average Bonchev–Trinajstić information content (AvgIpc) is 3.35. The minimum atomic E-state index is -0.533. The molecule has 0 radical (unpaired) electrons. The number of nitrogens with one attached hydrogen (secondary N) is 1. The molecule has 34 heavy (non-hydrogen) atoms. The van der Waals surface area contributed by atoms with Crippen LogP contribution in [0.25, 0.3) is 5.70 Å². The summed E-state index contributed by atoms with van der Waals surface area (Å²) in [5.41, 5.74) is 4.37. The van der Waals surface area contributed by atoms with Crippen molar-refractivity contribution in [3.63, 3.8) is 0 Å². The number of nitrogens with zero attached hydrogens (tertiary/aromatic N) is 3. The molecule has 1 aromatic heterocycles. The van der Waals surface area contributed by atoms with Crippen molar-refractivity contribution in [3.8, 4) is 17.2 Å². The van der Waals surface area contributed by atoms with E-state index in [1.54, 1.807) is 31.0 Å². The van der Waals surface area contributed by atoms with Gasteiger partial charge in [0.2, 0.25) is 5.95 Å². The molecule has 3 aromatic carbocycles. The molecular formula is C26H21FN4O3. The molecule has 0 amide bonds. The number of fused-ring (bicyclic) bond motifs is 3. The Morgan fingerprint density at radius 2 is 1.79 bits per heavy atom. The number of anilines is 1. The van der Waals surface area contributed by atoms with E-state index < -0.39 is 6.10 Å². The smallest absolute Gasteiger partial charge is 0.226 e. The normalized spacial score (nSPS) is 18.2. The zero-order valence-corrected chi connectivity index (χ0v) is 18.5. The minimum absolute atomic E-state index is 0.304. The lowest BCUT2D eigenvalue weighted by molar-refractivity contribution is 0.216. The van der Waals surface area contributed by atoms with Crippen LogP contribution in [0.5, 0.6) is 17.2 Å². The minimum Gasteiger partial charge on any atom is -0.493 e. The van der Waals surface area contributed by atoms with E-state index in [1.807, 2.05) is 42.5 Å². The van der Waals surface area contributed by atoms with Gasteiger partial charge in [-0.25, -0.2) is 9.07 Å². The number of benzene rings is 3. The molecule has 0 saturated carbocycles. The van der Waals surface area contributed by atoms with Gasteiger partial charge in [0.05, 0.1) is 19.9 Å². The summed E-state index contributed by atoms with van der Waals surface area (Å²) in [7, 11) is 3.22. The van der Waals surface area contributed by atoms with Gasteiger partial charge in [0.15, 0.2) is 17.6 Å². The first-order chi connectivity index (χ1) is 16.7. The van der Waals surface area contributed by atoms with E-state index in [1.165, 1.54) is 18.5 Å². The van der Waals surface area contributed by atoms with Crippen LogP contribution in [0.1, 0.15) is 28.8 Å². The summed E-state index contributed by atoms with van der Waals surface area (Å²) in [6.07, 6.45) is 0.973. The molecule has 2 aliphatic rings. The molecule has 8 heteroatoms. The highest BCUT2D eigenvalue weighted by Gasteiger charge is 2.42. The molecule has 0 unspecified atom stereocenters. The largest absolute Gasteiger partial charge is 0.493 e. The summed E-state index contributed by atoms with van der Waals surface area (Å²) in [6, 6.07) is 19.6. The fourth-order valence-electron chi connectivity index (χ4n) is 4.76. The lowest BCUT2D eigenvalue weighted by Crippen LogP contribution is -2.32. The molecule has 170 valence electrons.